The Bertz CT molecular complexity index is 1570. The smallest absolute Gasteiger partial charge is 0.283 e. The van der Waals surface area contributed by atoms with Crippen LogP contribution < -0.4 is 0 Å². The summed E-state index contributed by atoms with van der Waals surface area (Å²) in [5, 5.41) is 6.85. The Morgan fingerprint density at radius 1 is 1.16 bits per heavy atom. The van der Waals surface area contributed by atoms with Crippen molar-refractivity contribution in [2.75, 3.05) is 26.2 Å². The third-order valence-electron chi connectivity index (χ3n) is 6.95. The first-order valence-corrected chi connectivity index (χ1v) is 14.9. The number of ether oxygens (including phenoxy) is 1. The monoisotopic (exact) mass is 572 g/mol. The average Bonchev–Trinajstić information content (AvgIpc) is 3.61. The molecule has 10 nitrogen and oxygen atoms in total. The van der Waals surface area contributed by atoms with E-state index in [1.165, 1.54) is 22.0 Å². The summed E-state index contributed by atoms with van der Waals surface area (Å²) < 4.78 is 36.1. The molecule has 0 saturated carbocycles. The molecule has 0 bridgehead atoms. The molecule has 2 aromatic carbocycles. The Morgan fingerprint density at radius 3 is 2.82 bits per heavy atom. The van der Waals surface area contributed by atoms with E-state index in [1.54, 1.807) is 46.2 Å². The molecule has 0 N–H and O–H groups in total. The van der Waals surface area contributed by atoms with E-state index < -0.39 is 10.0 Å². The quantitative estimate of drug-likeness (QED) is 0.349. The van der Waals surface area contributed by atoms with Crippen molar-refractivity contribution < 1.29 is 17.9 Å². The summed E-state index contributed by atoms with van der Waals surface area (Å²) in [5.74, 6) is -0.173. The standard InChI is InChI=1S/C25H25ClN6O4S2/c26-19-3-1-18-12-21(4-2-17(18)11-19)38(34,35)31-8-9-32(20(13-31)5-7-30-16-27-15-28-30)25(33)24-29-22-6-10-36-14-23(22)37-24/h1-4,11-12,15-16,20H,5-10,13-14H2. The molecule has 0 radical (unpaired) electrons. The maximum Gasteiger partial charge on any atom is 0.283 e. The van der Waals surface area contributed by atoms with Crippen molar-refractivity contribution in [2.45, 2.75) is 36.9 Å². The zero-order valence-corrected chi connectivity index (χ0v) is 22.8. The first-order valence-electron chi connectivity index (χ1n) is 12.3. The number of piperazine rings is 1. The van der Waals surface area contributed by atoms with Gasteiger partial charge in [-0.2, -0.15) is 9.40 Å². The highest BCUT2D eigenvalue weighted by Gasteiger charge is 2.37. The number of carbonyl (C=O) groups excluding carboxylic acids is 1. The molecule has 0 spiro atoms. The predicted octanol–water partition coefficient (Wildman–Crippen LogP) is 3.22. The van der Waals surface area contributed by atoms with Crippen molar-refractivity contribution in [1.82, 2.24) is 29.0 Å². The molecule has 1 unspecified atom stereocenters. The third-order valence-corrected chi connectivity index (χ3v) is 10.1. The highest BCUT2D eigenvalue weighted by Crippen LogP contribution is 2.29. The lowest BCUT2D eigenvalue weighted by Crippen LogP contribution is -2.56. The van der Waals surface area contributed by atoms with Gasteiger partial charge in [0.05, 0.1) is 28.7 Å². The van der Waals surface area contributed by atoms with Crippen LogP contribution in [0.3, 0.4) is 0 Å². The van der Waals surface area contributed by atoms with Crippen LogP contribution in [0.4, 0.5) is 0 Å². The van der Waals surface area contributed by atoms with Crippen LogP contribution >= 0.6 is 22.9 Å². The van der Waals surface area contributed by atoms with Crippen LogP contribution in [0, 0.1) is 0 Å². The number of amides is 1. The highest BCUT2D eigenvalue weighted by molar-refractivity contribution is 7.89. The summed E-state index contributed by atoms with van der Waals surface area (Å²) >= 11 is 7.45. The number of benzene rings is 2. The first kappa shape index (κ1) is 25.4. The molecule has 0 aliphatic carbocycles. The van der Waals surface area contributed by atoms with Gasteiger partial charge in [0, 0.05) is 43.7 Å². The molecule has 4 heterocycles. The van der Waals surface area contributed by atoms with Crippen LogP contribution in [0.2, 0.25) is 5.02 Å². The Hall–Kier alpha value is -2.90. The van der Waals surface area contributed by atoms with Crippen molar-refractivity contribution in [3.63, 3.8) is 0 Å². The van der Waals surface area contributed by atoms with E-state index in [2.05, 4.69) is 15.1 Å². The van der Waals surface area contributed by atoms with E-state index in [4.69, 9.17) is 16.3 Å². The summed E-state index contributed by atoms with van der Waals surface area (Å²) in [6, 6.07) is 10.1. The van der Waals surface area contributed by atoms with E-state index in [9.17, 15) is 13.2 Å². The number of halogens is 1. The van der Waals surface area contributed by atoms with Gasteiger partial charge in [0.2, 0.25) is 10.0 Å². The molecule has 1 amide bonds. The zero-order valence-electron chi connectivity index (χ0n) is 20.4. The molecule has 1 fully saturated rings. The van der Waals surface area contributed by atoms with Crippen LogP contribution in [0.1, 0.15) is 26.8 Å². The minimum atomic E-state index is -3.79. The largest absolute Gasteiger partial charge is 0.375 e. The van der Waals surface area contributed by atoms with Gasteiger partial charge in [-0.15, -0.1) is 11.3 Å². The van der Waals surface area contributed by atoms with Gasteiger partial charge in [0.15, 0.2) is 5.01 Å². The van der Waals surface area contributed by atoms with Gasteiger partial charge in [0.1, 0.15) is 12.7 Å². The van der Waals surface area contributed by atoms with Crippen LogP contribution in [0.5, 0.6) is 0 Å². The molecule has 13 heteroatoms. The number of aromatic nitrogens is 4. The van der Waals surface area contributed by atoms with Gasteiger partial charge in [0.25, 0.3) is 5.91 Å². The summed E-state index contributed by atoms with van der Waals surface area (Å²) in [7, 11) is -3.79. The Kier molecular flexibility index (Phi) is 6.91. The molecular weight excluding hydrogens is 548 g/mol. The van der Waals surface area contributed by atoms with E-state index in [0.29, 0.717) is 42.6 Å². The van der Waals surface area contributed by atoms with Gasteiger partial charge < -0.3 is 9.64 Å². The molecule has 2 aromatic heterocycles. The normalized spacial score (nSPS) is 18.6. The molecule has 6 rings (SSSR count). The van der Waals surface area contributed by atoms with E-state index in [1.807, 2.05) is 6.07 Å². The fourth-order valence-corrected chi connectivity index (χ4v) is 7.62. The molecule has 1 atom stereocenters. The van der Waals surface area contributed by atoms with Crippen molar-refractivity contribution in [1.29, 1.82) is 0 Å². The summed E-state index contributed by atoms with van der Waals surface area (Å²) in [6.07, 6.45) is 4.28. The van der Waals surface area contributed by atoms with Gasteiger partial charge in [-0.1, -0.05) is 23.7 Å². The summed E-state index contributed by atoms with van der Waals surface area (Å²) in [6.45, 7) is 2.21. The van der Waals surface area contributed by atoms with Gasteiger partial charge >= 0.3 is 0 Å². The minimum absolute atomic E-state index is 0.173. The Balaban J connectivity index is 1.26. The number of rotatable bonds is 6. The molecule has 2 aliphatic heterocycles. The lowest BCUT2D eigenvalue weighted by Gasteiger charge is -2.40. The Morgan fingerprint density at radius 2 is 2.00 bits per heavy atom. The molecule has 1 saturated heterocycles. The van der Waals surface area contributed by atoms with Crippen molar-refractivity contribution >= 4 is 49.6 Å². The van der Waals surface area contributed by atoms with E-state index >= 15 is 0 Å². The van der Waals surface area contributed by atoms with Crippen LogP contribution in [-0.2, 0) is 34.3 Å². The molecule has 2 aliphatic rings. The zero-order chi connectivity index (χ0) is 26.3. The van der Waals surface area contributed by atoms with Crippen LogP contribution in [0.25, 0.3) is 10.8 Å². The summed E-state index contributed by atoms with van der Waals surface area (Å²) in [5.41, 5.74) is 0.919. The SMILES string of the molecule is O=C(c1nc2c(s1)COCC2)N1CCN(S(=O)(=O)c2ccc3cc(Cl)ccc3c2)CC1CCn1cncn1. The molecule has 38 heavy (non-hydrogen) atoms. The van der Waals surface area contributed by atoms with Crippen molar-refractivity contribution in [3.05, 3.63) is 69.7 Å². The van der Waals surface area contributed by atoms with Gasteiger partial charge in [-0.3, -0.25) is 9.48 Å². The van der Waals surface area contributed by atoms with Crippen molar-refractivity contribution in [3.8, 4) is 0 Å². The number of sulfonamides is 1. The number of fused-ring (bicyclic) bond motifs is 2. The number of carbonyl (C=O) groups is 1. The lowest BCUT2D eigenvalue weighted by atomic mass is 10.1. The lowest BCUT2D eigenvalue weighted by molar-refractivity contribution is 0.0541. The number of aryl methyl sites for hydroxylation is 1. The van der Waals surface area contributed by atoms with Gasteiger partial charge in [-0.05, 0) is 41.5 Å². The first-order chi connectivity index (χ1) is 18.4. The minimum Gasteiger partial charge on any atom is -0.375 e. The molecular formula is C25H25ClN6O4S2. The maximum absolute atomic E-state index is 13.7. The highest BCUT2D eigenvalue weighted by atomic mass is 35.5. The average molecular weight is 573 g/mol. The molecule has 4 aromatic rings. The fourth-order valence-electron chi connectivity index (χ4n) is 4.93. The predicted molar refractivity (Wildman–Crippen MR) is 143 cm³/mol. The van der Waals surface area contributed by atoms with Gasteiger partial charge in [-0.25, -0.2) is 18.4 Å². The topological polar surface area (TPSA) is 111 Å². The number of hydrogen-bond donors (Lipinski definition) is 0. The number of thiazole rings is 1. The second-order valence-corrected chi connectivity index (χ2v) is 12.8. The second kappa shape index (κ2) is 10.3. The van der Waals surface area contributed by atoms with Crippen LogP contribution in [-0.4, -0.2) is 75.6 Å². The van der Waals surface area contributed by atoms with E-state index in [-0.39, 0.29) is 36.5 Å². The van der Waals surface area contributed by atoms with E-state index in [0.717, 1.165) is 21.3 Å². The number of hydrogen-bond acceptors (Lipinski definition) is 8. The Labute approximate surface area is 228 Å². The van der Waals surface area contributed by atoms with Crippen molar-refractivity contribution in [2.24, 2.45) is 0 Å². The number of nitrogens with zero attached hydrogens (tertiary/aromatic N) is 6. The molecule has 198 valence electrons. The maximum atomic E-state index is 13.7. The third kappa shape index (κ3) is 4.94. The fraction of sp³-hybridized carbons (Fsp3) is 0.360. The van der Waals surface area contributed by atoms with Crippen LogP contribution in [0.15, 0.2) is 53.9 Å². The summed E-state index contributed by atoms with van der Waals surface area (Å²) in [4.78, 5) is 25.2. The second-order valence-electron chi connectivity index (χ2n) is 9.31.